The molecule has 4 nitrogen and oxygen atoms in total. The zero-order chi connectivity index (χ0) is 10.6. The maximum absolute atomic E-state index is 12.6. The highest BCUT2D eigenvalue weighted by Gasteiger charge is 2.31. The van der Waals surface area contributed by atoms with E-state index in [1.165, 1.54) is 0 Å². The lowest BCUT2D eigenvalue weighted by Gasteiger charge is -2.25. The van der Waals surface area contributed by atoms with Gasteiger partial charge in [0.1, 0.15) is 6.04 Å². The van der Waals surface area contributed by atoms with Gasteiger partial charge in [-0.3, -0.25) is 9.07 Å². The van der Waals surface area contributed by atoms with E-state index in [0.717, 1.165) is 0 Å². The third-order valence-corrected chi connectivity index (χ3v) is 2.29. The van der Waals surface area contributed by atoms with Gasteiger partial charge in [0.25, 0.3) is 0 Å². The summed E-state index contributed by atoms with van der Waals surface area (Å²) in [5.74, 6) is 0. The molecule has 0 saturated carbocycles. The minimum absolute atomic E-state index is 0.327. The molecule has 0 aliphatic heterocycles. The van der Waals surface area contributed by atoms with Gasteiger partial charge in [-0.2, -0.15) is 10.0 Å². The molecule has 1 rings (SSSR count). The molecule has 0 bridgehead atoms. The highest BCUT2D eigenvalue weighted by molar-refractivity contribution is 4.86. The van der Waals surface area contributed by atoms with Crippen molar-refractivity contribution >= 4 is 0 Å². The number of rotatable bonds is 5. The number of nitroso groups, excluding NO2 is 1. The van der Waals surface area contributed by atoms with Gasteiger partial charge < -0.3 is 0 Å². The maximum Gasteiger partial charge on any atom is 0.119 e. The van der Waals surface area contributed by atoms with Crippen LogP contribution in [0, 0.1) is 10.3 Å². The first-order valence-electron chi connectivity index (χ1n) is 4.46. The van der Waals surface area contributed by atoms with Crippen LogP contribution in [0.25, 0.3) is 0 Å². The predicted molar refractivity (Wildman–Crippen MR) is 51.6 cm³/mol. The van der Waals surface area contributed by atoms with Crippen molar-refractivity contribution in [3.8, 4) is 0 Å². The Bertz CT molecular complexity index is 284. The Labute approximate surface area is 82.1 Å². The normalized spacial score (nSPS) is 13.9. The van der Waals surface area contributed by atoms with Crippen LogP contribution in [0.4, 0.5) is 4.39 Å². The molecule has 0 N–H and O–H groups in total. The van der Waals surface area contributed by atoms with Gasteiger partial charge in [-0.1, -0.05) is 19.0 Å². The maximum atomic E-state index is 12.6. The van der Waals surface area contributed by atoms with E-state index in [0.29, 0.717) is 6.54 Å². The third-order valence-electron chi connectivity index (χ3n) is 2.29. The summed E-state index contributed by atoms with van der Waals surface area (Å²) in [7, 11) is 0. The predicted octanol–water partition coefficient (Wildman–Crippen LogP) is 2.01. The van der Waals surface area contributed by atoms with Crippen molar-refractivity contribution in [2.75, 3.05) is 6.67 Å². The summed E-state index contributed by atoms with van der Waals surface area (Å²) in [5.41, 5.74) is -0.728. The third kappa shape index (κ3) is 2.37. The van der Waals surface area contributed by atoms with Crippen molar-refractivity contribution in [2.24, 2.45) is 10.6 Å². The summed E-state index contributed by atoms with van der Waals surface area (Å²) in [6, 6.07) is 1.16. The smallest absolute Gasteiger partial charge is 0.119 e. The summed E-state index contributed by atoms with van der Waals surface area (Å²) in [6.45, 7) is 3.13. The minimum Gasteiger partial charge on any atom is -0.270 e. The fourth-order valence-corrected chi connectivity index (χ4v) is 1.10. The molecule has 1 aromatic rings. The van der Waals surface area contributed by atoms with Gasteiger partial charge in [-0.15, -0.1) is 0 Å². The number of hydrogen-bond acceptors (Lipinski definition) is 3. The molecule has 0 amide bonds. The van der Waals surface area contributed by atoms with Crippen molar-refractivity contribution < 1.29 is 4.39 Å². The lowest BCUT2D eigenvalue weighted by molar-refractivity contribution is 0.192. The van der Waals surface area contributed by atoms with E-state index in [1.54, 1.807) is 37.0 Å². The molecule has 1 heterocycles. The van der Waals surface area contributed by atoms with E-state index in [4.69, 9.17) is 0 Å². The zero-order valence-corrected chi connectivity index (χ0v) is 8.35. The largest absolute Gasteiger partial charge is 0.270 e. The fourth-order valence-electron chi connectivity index (χ4n) is 1.10. The van der Waals surface area contributed by atoms with Crippen molar-refractivity contribution in [1.29, 1.82) is 0 Å². The van der Waals surface area contributed by atoms with E-state index >= 15 is 0 Å². The van der Waals surface area contributed by atoms with Crippen LogP contribution in [0.3, 0.4) is 0 Å². The molecule has 0 fully saturated rings. The van der Waals surface area contributed by atoms with Gasteiger partial charge in [0, 0.05) is 17.8 Å². The first-order valence-corrected chi connectivity index (χ1v) is 4.46. The van der Waals surface area contributed by atoms with Crippen LogP contribution in [-0.2, 0) is 6.54 Å². The van der Waals surface area contributed by atoms with Crippen LogP contribution in [0.15, 0.2) is 23.6 Å². The van der Waals surface area contributed by atoms with Crippen LogP contribution >= 0.6 is 0 Å². The topological polar surface area (TPSA) is 47.2 Å². The second-order valence-corrected chi connectivity index (χ2v) is 3.97. The first kappa shape index (κ1) is 10.8. The molecule has 1 atom stereocenters. The first-order chi connectivity index (χ1) is 6.60. The van der Waals surface area contributed by atoms with Crippen LogP contribution in [-0.4, -0.2) is 22.5 Å². The monoisotopic (exact) mass is 199 g/mol. The second kappa shape index (κ2) is 4.30. The van der Waals surface area contributed by atoms with Gasteiger partial charge in [0.15, 0.2) is 0 Å². The van der Waals surface area contributed by atoms with Crippen molar-refractivity contribution in [3.05, 3.63) is 23.4 Å². The summed E-state index contributed by atoms with van der Waals surface area (Å²) in [4.78, 5) is 10.6. The van der Waals surface area contributed by atoms with Gasteiger partial charge in [-0.05, 0) is 6.07 Å². The minimum atomic E-state index is -0.728. The molecule has 0 saturated heterocycles. The van der Waals surface area contributed by atoms with E-state index in [-0.39, 0.29) is 0 Å². The molecule has 0 aliphatic rings. The highest BCUT2D eigenvalue weighted by atomic mass is 19.1. The lowest BCUT2D eigenvalue weighted by atomic mass is 9.86. The molecule has 0 spiro atoms. The van der Waals surface area contributed by atoms with Crippen molar-refractivity contribution in [2.45, 2.75) is 26.4 Å². The fraction of sp³-hybridized carbons (Fsp3) is 0.667. The van der Waals surface area contributed by atoms with E-state index in [9.17, 15) is 9.30 Å². The van der Waals surface area contributed by atoms with Gasteiger partial charge in [-0.25, -0.2) is 0 Å². The van der Waals surface area contributed by atoms with Gasteiger partial charge in [0.05, 0.1) is 13.2 Å². The standard InChI is InChI=1S/C9H14FN3O/c1-9(2,7-10)8(12-14)6-13-5-3-4-11-13/h3-5,8H,6-7H2,1-2H3. The number of alkyl halides is 1. The molecule has 1 aromatic heterocycles. The van der Waals surface area contributed by atoms with E-state index in [1.807, 2.05) is 0 Å². The lowest BCUT2D eigenvalue weighted by Crippen LogP contribution is -2.33. The number of nitrogens with zero attached hydrogens (tertiary/aromatic N) is 3. The molecule has 0 aliphatic carbocycles. The Morgan fingerprint density at radius 1 is 1.64 bits per heavy atom. The molecule has 0 radical (unpaired) electrons. The molecular weight excluding hydrogens is 185 g/mol. The Morgan fingerprint density at radius 2 is 2.36 bits per heavy atom. The van der Waals surface area contributed by atoms with Crippen LogP contribution in [0.5, 0.6) is 0 Å². The quantitative estimate of drug-likeness (QED) is 0.681. The molecular formula is C9H14FN3O. The summed E-state index contributed by atoms with van der Waals surface area (Å²) in [5, 5.41) is 6.90. The Kier molecular flexibility index (Phi) is 3.33. The number of halogens is 1. The Morgan fingerprint density at radius 3 is 2.79 bits per heavy atom. The average molecular weight is 199 g/mol. The number of aromatic nitrogens is 2. The molecule has 78 valence electrons. The van der Waals surface area contributed by atoms with Crippen LogP contribution in [0.2, 0.25) is 0 Å². The molecule has 14 heavy (non-hydrogen) atoms. The highest BCUT2D eigenvalue weighted by Crippen LogP contribution is 2.25. The Hall–Kier alpha value is -1.26. The SMILES string of the molecule is CC(C)(CF)C(Cn1cccn1)N=O. The van der Waals surface area contributed by atoms with Crippen LogP contribution in [0.1, 0.15) is 13.8 Å². The van der Waals surface area contributed by atoms with Crippen molar-refractivity contribution in [3.63, 3.8) is 0 Å². The summed E-state index contributed by atoms with van der Waals surface area (Å²) < 4.78 is 14.2. The van der Waals surface area contributed by atoms with Crippen molar-refractivity contribution in [1.82, 2.24) is 9.78 Å². The molecule has 0 aromatic carbocycles. The molecule has 5 heteroatoms. The Balaban J connectivity index is 2.69. The summed E-state index contributed by atoms with van der Waals surface area (Å²) >= 11 is 0. The summed E-state index contributed by atoms with van der Waals surface area (Å²) in [6.07, 6.45) is 3.34. The zero-order valence-electron chi connectivity index (χ0n) is 8.35. The number of hydrogen-bond donors (Lipinski definition) is 0. The molecule has 1 unspecified atom stereocenters. The van der Waals surface area contributed by atoms with E-state index in [2.05, 4.69) is 10.3 Å². The second-order valence-electron chi connectivity index (χ2n) is 3.97. The average Bonchev–Trinajstić information content (AvgIpc) is 2.66. The van der Waals surface area contributed by atoms with Crippen LogP contribution < -0.4 is 0 Å². The van der Waals surface area contributed by atoms with E-state index < -0.39 is 18.1 Å². The van der Waals surface area contributed by atoms with Gasteiger partial charge in [0.2, 0.25) is 0 Å². The van der Waals surface area contributed by atoms with Gasteiger partial charge >= 0.3 is 0 Å².